The van der Waals surface area contributed by atoms with E-state index in [1.165, 1.54) is 28.6 Å². The number of thiazole rings is 1. The van der Waals surface area contributed by atoms with Crippen LogP contribution in [-0.4, -0.2) is 35.3 Å². The highest BCUT2D eigenvalue weighted by molar-refractivity contribution is 7.89. The van der Waals surface area contributed by atoms with Gasteiger partial charge in [0.2, 0.25) is 10.0 Å². The van der Waals surface area contributed by atoms with Gasteiger partial charge in [-0.15, -0.1) is 11.3 Å². The molecule has 1 N–H and O–H groups in total. The minimum Gasteiger partial charge on any atom is -0.477 e. The molecule has 4 rings (SSSR count). The van der Waals surface area contributed by atoms with Crippen LogP contribution < -0.4 is 0 Å². The molecule has 1 aliphatic rings. The van der Waals surface area contributed by atoms with Gasteiger partial charge < -0.3 is 5.11 Å². The van der Waals surface area contributed by atoms with Crippen molar-refractivity contribution < 1.29 is 27.1 Å². The van der Waals surface area contributed by atoms with Gasteiger partial charge in [-0.25, -0.2) is 27.0 Å². The molecule has 0 aliphatic carbocycles. The van der Waals surface area contributed by atoms with E-state index in [2.05, 4.69) is 4.98 Å². The van der Waals surface area contributed by atoms with Crippen molar-refractivity contribution >= 4 is 27.3 Å². The average molecular weight is 479 g/mol. The number of halogens is 2. The molecule has 0 unspecified atom stereocenters. The van der Waals surface area contributed by atoms with Gasteiger partial charge in [0.05, 0.1) is 16.6 Å². The van der Waals surface area contributed by atoms with Gasteiger partial charge >= 0.3 is 5.97 Å². The molecule has 0 amide bonds. The number of nitrogens with zero attached hydrogens (tertiary/aromatic N) is 2. The predicted molar refractivity (Wildman–Crippen MR) is 115 cm³/mol. The third-order valence-corrected chi connectivity index (χ3v) is 8.49. The maximum atomic E-state index is 13.2. The highest BCUT2D eigenvalue weighted by atomic mass is 32.2. The highest BCUT2D eigenvalue weighted by Crippen LogP contribution is 2.39. The van der Waals surface area contributed by atoms with E-state index in [-0.39, 0.29) is 22.1 Å². The fourth-order valence-corrected chi connectivity index (χ4v) is 6.61. The number of rotatable bonds is 7. The fraction of sp³-hybridized carbons (Fsp3) is 0.273. The van der Waals surface area contributed by atoms with E-state index in [9.17, 15) is 27.1 Å². The summed E-state index contributed by atoms with van der Waals surface area (Å²) < 4.78 is 53.9. The van der Waals surface area contributed by atoms with E-state index in [0.717, 1.165) is 29.0 Å². The molecular formula is C22H20F2N2O4S2. The average Bonchev–Trinajstić information content (AvgIpc) is 3.41. The third kappa shape index (κ3) is 4.57. The molecule has 32 heavy (non-hydrogen) atoms. The largest absolute Gasteiger partial charge is 0.477 e. The number of sulfonamides is 1. The third-order valence-electron chi connectivity index (χ3n) is 5.38. The number of hydrogen-bond acceptors (Lipinski definition) is 5. The molecule has 2 aromatic carbocycles. The zero-order chi connectivity index (χ0) is 22.9. The van der Waals surface area contributed by atoms with E-state index in [1.54, 1.807) is 12.1 Å². The Hall–Kier alpha value is -2.69. The lowest BCUT2D eigenvalue weighted by atomic mass is 10.1. The second-order valence-corrected chi connectivity index (χ2v) is 10.4. The Morgan fingerprint density at radius 2 is 1.69 bits per heavy atom. The molecule has 1 atom stereocenters. The summed E-state index contributed by atoms with van der Waals surface area (Å²) in [6.45, 7) is 0.275. The molecule has 1 aromatic heterocycles. The van der Waals surface area contributed by atoms with Gasteiger partial charge in [-0.2, -0.15) is 4.31 Å². The number of carboxylic acid groups (broad SMARTS) is 1. The Morgan fingerprint density at radius 3 is 2.31 bits per heavy atom. The van der Waals surface area contributed by atoms with Crippen LogP contribution in [0.15, 0.2) is 53.4 Å². The van der Waals surface area contributed by atoms with Crippen LogP contribution >= 0.6 is 11.3 Å². The van der Waals surface area contributed by atoms with Crippen LogP contribution in [0, 0.1) is 11.6 Å². The van der Waals surface area contributed by atoms with Gasteiger partial charge in [-0.3, -0.25) is 0 Å². The molecule has 2 heterocycles. The lowest BCUT2D eigenvalue weighted by molar-refractivity contribution is 0.0700. The lowest BCUT2D eigenvalue weighted by Gasteiger charge is -2.22. The summed E-state index contributed by atoms with van der Waals surface area (Å²) in [6.07, 6.45) is 1.94. The minimum absolute atomic E-state index is 0.0163. The van der Waals surface area contributed by atoms with E-state index < -0.39 is 27.9 Å². The monoisotopic (exact) mass is 478 g/mol. The predicted octanol–water partition coefficient (Wildman–Crippen LogP) is 4.43. The van der Waals surface area contributed by atoms with Crippen molar-refractivity contribution in [2.24, 2.45) is 0 Å². The zero-order valence-electron chi connectivity index (χ0n) is 16.9. The quantitative estimate of drug-likeness (QED) is 0.543. The summed E-state index contributed by atoms with van der Waals surface area (Å²) in [5.41, 5.74) is 1.23. The number of carbonyl (C=O) groups is 1. The van der Waals surface area contributed by atoms with E-state index in [1.807, 2.05) is 0 Å². The van der Waals surface area contributed by atoms with Crippen LogP contribution in [0.5, 0.6) is 0 Å². The molecule has 1 aliphatic heterocycles. The summed E-state index contributed by atoms with van der Waals surface area (Å²) in [7, 11) is -3.89. The van der Waals surface area contributed by atoms with Crippen molar-refractivity contribution in [1.82, 2.24) is 9.29 Å². The molecule has 168 valence electrons. The standard InChI is InChI=1S/C22H20F2N2O4S2/c23-15-6-3-14(4-7-15)5-12-18-20(22(27)28)31-21(25-18)19-2-1-13-26(19)32(29,30)17-10-8-16(24)9-11-17/h3-4,6-11,19H,1-2,5,12-13H2,(H,27,28)/t19-/m0/s1. The van der Waals surface area contributed by atoms with Crippen molar-refractivity contribution in [3.63, 3.8) is 0 Å². The van der Waals surface area contributed by atoms with Gasteiger partial charge in [0, 0.05) is 6.54 Å². The molecule has 1 fully saturated rings. The first-order chi connectivity index (χ1) is 15.3. The SMILES string of the molecule is O=C(O)c1sc([C@@H]2CCCN2S(=O)(=O)c2ccc(F)cc2)nc1CCc1ccc(F)cc1. The number of aryl methyl sites for hydroxylation is 2. The number of aromatic nitrogens is 1. The lowest BCUT2D eigenvalue weighted by Crippen LogP contribution is -2.30. The Balaban J connectivity index is 1.60. The van der Waals surface area contributed by atoms with Crippen molar-refractivity contribution in [2.45, 2.75) is 36.6 Å². The summed E-state index contributed by atoms with van der Waals surface area (Å²) in [5, 5.41) is 10.1. The van der Waals surface area contributed by atoms with Gasteiger partial charge in [0.1, 0.15) is 21.5 Å². The molecule has 3 aromatic rings. The van der Waals surface area contributed by atoms with Gasteiger partial charge in [0.25, 0.3) is 0 Å². The molecule has 0 bridgehead atoms. The van der Waals surface area contributed by atoms with Crippen molar-refractivity contribution in [1.29, 1.82) is 0 Å². The molecule has 0 spiro atoms. The normalized spacial score (nSPS) is 17.0. The van der Waals surface area contributed by atoms with Crippen LogP contribution in [0.4, 0.5) is 8.78 Å². The second kappa shape index (κ2) is 9.05. The first-order valence-corrected chi connectivity index (χ1v) is 12.3. The molecule has 6 nitrogen and oxygen atoms in total. The maximum Gasteiger partial charge on any atom is 0.347 e. The van der Waals surface area contributed by atoms with Gasteiger partial charge in [-0.1, -0.05) is 12.1 Å². The van der Waals surface area contributed by atoms with Crippen LogP contribution in [-0.2, 0) is 22.9 Å². The number of benzene rings is 2. The topological polar surface area (TPSA) is 87.6 Å². The van der Waals surface area contributed by atoms with Crippen LogP contribution in [0.2, 0.25) is 0 Å². The van der Waals surface area contributed by atoms with E-state index in [4.69, 9.17) is 0 Å². The molecule has 0 radical (unpaired) electrons. The molecule has 1 saturated heterocycles. The Kier molecular flexibility index (Phi) is 6.36. The Morgan fingerprint density at radius 1 is 1.06 bits per heavy atom. The Labute approximate surface area is 188 Å². The van der Waals surface area contributed by atoms with Gasteiger partial charge in [-0.05, 0) is 67.6 Å². The van der Waals surface area contributed by atoms with Crippen molar-refractivity contribution in [2.75, 3.05) is 6.54 Å². The highest BCUT2D eigenvalue weighted by Gasteiger charge is 2.38. The van der Waals surface area contributed by atoms with Crippen LogP contribution in [0.25, 0.3) is 0 Å². The van der Waals surface area contributed by atoms with E-state index in [0.29, 0.717) is 36.4 Å². The molecule has 10 heteroatoms. The number of hydrogen-bond donors (Lipinski definition) is 1. The summed E-state index contributed by atoms with van der Waals surface area (Å²) in [5.74, 6) is -1.99. The molecule has 0 saturated carbocycles. The number of aromatic carboxylic acids is 1. The van der Waals surface area contributed by atoms with Crippen molar-refractivity contribution in [3.8, 4) is 0 Å². The summed E-state index contributed by atoms with van der Waals surface area (Å²) in [4.78, 5) is 16.4. The number of carboxylic acids is 1. The maximum absolute atomic E-state index is 13.2. The van der Waals surface area contributed by atoms with Crippen LogP contribution in [0.1, 0.15) is 44.8 Å². The zero-order valence-corrected chi connectivity index (χ0v) is 18.5. The van der Waals surface area contributed by atoms with Crippen LogP contribution in [0.3, 0.4) is 0 Å². The van der Waals surface area contributed by atoms with Gasteiger partial charge in [0.15, 0.2) is 0 Å². The first-order valence-electron chi connectivity index (χ1n) is 10.0. The Bertz CT molecular complexity index is 1230. The fourth-order valence-electron chi connectivity index (χ4n) is 3.78. The summed E-state index contributed by atoms with van der Waals surface area (Å²) in [6, 6.07) is 10.0. The van der Waals surface area contributed by atoms with E-state index >= 15 is 0 Å². The minimum atomic E-state index is -3.89. The van der Waals surface area contributed by atoms with Crippen molar-refractivity contribution in [3.05, 3.63) is 81.3 Å². The first kappa shape index (κ1) is 22.5. The second-order valence-electron chi connectivity index (χ2n) is 7.49. The smallest absolute Gasteiger partial charge is 0.347 e. The molecular weight excluding hydrogens is 458 g/mol. The summed E-state index contributed by atoms with van der Waals surface area (Å²) >= 11 is 0.983.